The Bertz CT molecular complexity index is 288. The summed E-state index contributed by atoms with van der Waals surface area (Å²) < 4.78 is 0. The summed E-state index contributed by atoms with van der Waals surface area (Å²) in [4.78, 5) is 13.0. The van der Waals surface area contributed by atoms with Gasteiger partial charge in [-0.3, -0.25) is 4.79 Å². The van der Waals surface area contributed by atoms with Crippen LogP contribution in [0.15, 0.2) is 23.1 Å². The number of aromatic nitrogens is 1. The molecule has 0 bridgehead atoms. The molecule has 0 aromatic carbocycles. The largest absolute Gasteiger partial charge is 0.329 e. The predicted octanol–water partition coefficient (Wildman–Crippen LogP) is 0.441. The van der Waals surface area contributed by atoms with Crippen molar-refractivity contribution in [2.75, 3.05) is 0 Å². The molecule has 10 heavy (non-hydrogen) atoms. The third-order valence-electron chi connectivity index (χ3n) is 1.13. The first-order valence-corrected chi connectivity index (χ1v) is 2.87. The molecule has 1 heterocycles. The Labute approximate surface area is 57.9 Å². The van der Waals surface area contributed by atoms with Crippen molar-refractivity contribution in [3.63, 3.8) is 0 Å². The van der Waals surface area contributed by atoms with Crippen molar-refractivity contribution < 1.29 is 0 Å². The summed E-state index contributed by atoms with van der Waals surface area (Å²) in [6.45, 7) is 0. The molecule has 0 radical (unpaired) electrons. The van der Waals surface area contributed by atoms with Crippen molar-refractivity contribution in [1.82, 2.24) is 4.98 Å². The molecule has 3 heteroatoms. The summed E-state index contributed by atoms with van der Waals surface area (Å²) >= 11 is 0. The van der Waals surface area contributed by atoms with Crippen molar-refractivity contribution in [3.05, 3.63) is 34.2 Å². The first kappa shape index (κ1) is 6.56. The van der Waals surface area contributed by atoms with E-state index in [-0.39, 0.29) is 5.56 Å². The molecule has 1 aromatic heterocycles. The highest BCUT2D eigenvalue weighted by Gasteiger charge is 1.88. The van der Waals surface area contributed by atoms with E-state index in [2.05, 4.69) is 4.98 Å². The summed E-state index contributed by atoms with van der Waals surface area (Å²) in [6, 6.07) is 5.03. The Kier molecular flexibility index (Phi) is 1.86. The zero-order valence-electron chi connectivity index (χ0n) is 5.29. The van der Waals surface area contributed by atoms with Crippen LogP contribution in [0.2, 0.25) is 0 Å². The molecule has 0 unspecified atom stereocenters. The molecule has 0 amide bonds. The van der Waals surface area contributed by atoms with Crippen LogP contribution in [0.1, 0.15) is 5.56 Å². The first-order chi connectivity index (χ1) is 4.83. The highest BCUT2D eigenvalue weighted by molar-refractivity contribution is 5.12. The second-order valence-corrected chi connectivity index (χ2v) is 1.90. The minimum atomic E-state index is -0.137. The molecule has 50 valence electrons. The van der Waals surface area contributed by atoms with Crippen LogP contribution in [0.25, 0.3) is 0 Å². The fraction of sp³-hybridized carbons (Fsp3) is 0.143. The smallest absolute Gasteiger partial charge is 0.247 e. The SMILES string of the molecule is N#CCc1ccc(=O)[nH]c1. The van der Waals surface area contributed by atoms with Crippen molar-refractivity contribution in [3.8, 4) is 6.07 Å². The lowest BCUT2D eigenvalue weighted by atomic mass is 10.2. The van der Waals surface area contributed by atoms with E-state index in [1.165, 1.54) is 6.07 Å². The number of H-pyrrole nitrogens is 1. The first-order valence-electron chi connectivity index (χ1n) is 2.87. The number of pyridine rings is 1. The van der Waals surface area contributed by atoms with Crippen LogP contribution in [0.4, 0.5) is 0 Å². The molecule has 0 saturated heterocycles. The number of nitriles is 1. The van der Waals surface area contributed by atoms with Gasteiger partial charge in [-0.2, -0.15) is 5.26 Å². The Morgan fingerprint density at radius 1 is 1.60 bits per heavy atom. The number of hydrogen-bond acceptors (Lipinski definition) is 2. The molecule has 0 spiro atoms. The van der Waals surface area contributed by atoms with Crippen LogP contribution < -0.4 is 5.56 Å². The molecular formula is C7H6N2O. The number of rotatable bonds is 1. The minimum absolute atomic E-state index is 0.137. The van der Waals surface area contributed by atoms with E-state index in [0.717, 1.165) is 5.56 Å². The van der Waals surface area contributed by atoms with Crippen LogP contribution in [-0.4, -0.2) is 4.98 Å². The van der Waals surface area contributed by atoms with Crippen molar-refractivity contribution in [1.29, 1.82) is 5.26 Å². The number of hydrogen-bond donors (Lipinski definition) is 1. The Morgan fingerprint density at radius 2 is 2.40 bits per heavy atom. The average Bonchev–Trinajstić information content (AvgIpc) is 1.95. The van der Waals surface area contributed by atoms with Gasteiger partial charge in [0.2, 0.25) is 5.56 Å². The summed E-state index contributed by atoms with van der Waals surface area (Å²) in [7, 11) is 0. The fourth-order valence-electron chi connectivity index (χ4n) is 0.644. The lowest BCUT2D eigenvalue weighted by molar-refractivity contribution is 1.15. The van der Waals surface area contributed by atoms with Crippen molar-refractivity contribution in [2.24, 2.45) is 0 Å². The van der Waals surface area contributed by atoms with Gasteiger partial charge in [0.25, 0.3) is 0 Å². The second kappa shape index (κ2) is 2.83. The van der Waals surface area contributed by atoms with E-state index >= 15 is 0 Å². The number of aromatic amines is 1. The summed E-state index contributed by atoms with van der Waals surface area (Å²) in [5, 5.41) is 8.25. The molecule has 3 nitrogen and oxygen atoms in total. The second-order valence-electron chi connectivity index (χ2n) is 1.90. The predicted molar refractivity (Wildman–Crippen MR) is 36.4 cm³/mol. The molecular weight excluding hydrogens is 128 g/mol. The van der Waals surface area contributed by atoms with Gasteiger partial charge in [-0.1, -0.05) is 6.07 Å². The van der Waals surface area contributed by atoms with Gasteiger partial charge in [-0.25, -0.2) is 0 Å². The molecule has 0 saturated carbocycles. The average molecular weight is 134 g/mol. The normalized spacial score (nSPS) is 8.70. The van der Waals surface area contributed by atoms with Gasteiger partial charge in [0.15, 0.2) is 0 Å². The molecule has 1 aromatic rings. The van der Waals surface area contributed by atoms with Gasteiger partial charge >= 0.3 is 0 Å². The summed E-state index contributed by atoms with van der Waals surface area (Å²) in [5.74, 6) is 0. The van der Waals surface area contributed by atoms with Crippen molar-refractivity contribution in [2.45, 2.75) is 6.42 Å². The van der Waals surface area contributed by atoms with E-state index in [1.807, 2.05) is 6.07 Å². The lowest BCUT2D eigenvalue weighted by Gasteiger charge is -1.88. The van der Waals surface area contributed by atoms with E-state index in [1.54, 1.807) is 12.3 Å². The van der Waals surface area contributed by atoms with Gasteiger partial charge in [0.05, 0.1) is 12.5 Å². The third kappa shape index (κ3) is 1.46. The maximum Gasteiger partial charge on any atom is 0.247 e. The molecule has 0 aliphatic rings. The third-order valence-corrected chi connectivity index (χ3v) is 1.13. The number of nitrogens with one attached hydrogen (secondary N) is 1. The minimum Gasteiger partial charge on any atom is -0.329 e. The fourth-order valence-corrected chi connectivity index (χ4v) is 0.644. The molecule has 1 rings (SSSR count). The van der Waals surface area contributed by atoms with Gasteiger partial charge in [-0.05, 0) is 5.56 Å². The summed E-state index contributed by atoms with van der Waals surface area (Å²) in [5.41, 5.74) is 0.698. The van der Waals surface area contributed by atoms with E-state index in [9.17, 15) is 4.79 Å². The highest BCUT2D eigenvalue weighted by atomic mass is 16.1. The zero-order valence-corrected chi connectivity index (χ0v) is 5.29. The molecule has 0 aliphatic carbocycles. The Balaban J connectivity index is 2.92. The molecule has 0 fully saturated rings. The standard InChI is InChI=1S/C7H6N2O/c8-4-3-6-1-2-7(10)9-5-6/h1-2,5H,3H2,(H,9,10). The maximum atomic E-state index is 10.5. The molecule has 1 N–H and O–H groups in total. The number of nitrogens with zero attached hydrogens (tertiary/aromatic N) is 1. The van der Waals surface area contributed by atoms with Gasteiger partial charge in [0.1, 0.15) is 0 Å². The quantitative estimate of drug-likeness (QED) is 0.605. The highest BCUT2D eigenvalue weighted by Crippen LogP contribution is 1.91. The van der Waals surface area contributed by atoms with Gasteiger partial charge < -0.3 is 4.98 Å². The van der Waals surface area contributed by atoms with Gasteiger partial charge in [0, 0.05) is 12.3 Å². The Morgan fingerprint density at radius 3 is 2.90 bits per heavy atom. The van der Waals surface area contributed by atoms with Crippen molar-refractivity contribution >= 4 is 0 Å². The lowest BCUT2D eigenvalue weighted by Crippen LogP contribution is -2.02. The summed E-state index contributed by atoms with van der Waals surface area (Å²) in [6.07, 6.45) is 1.89. The van der Waals surface area contributed by atoms with Crippen LogP contribution in [-0.2, 0) is 6.42 Å². The monoisotopic (exact) mass is 134 g/mol. The van der Waals surface area contributed by atoms with Crippen LogP contribution >= 0.6 is 0 Å². The molecule has 0 aliphatic heterocycles. The van der Waals surface area contributed by atoms with Gasteiger partial charge in [-0.15, -0.1) is 0 Å². The molecule has 0 atom stereocenters. The van der Waals surface area contributed by atoms with Crippen LogP contribution in [0.3, 0.4) is 0 Å². The topological polar surface area (TPSA) is 56.6 Å². The maximum absolute atomic E-state index is 10.5. The zero-order chi connectivity index (χ0) is 7.40. The van der Waals surface area contributed by atoms with Crippen LogP contribution in [0.5, 0.6) is 0 Å². The van der Waals surface area contributed by atoms with E-state index in [4.69, 9.17) is 5.26 Å². The Hall–Kier alpha value is -1.56. The van der Waals surface area contributed by atoms with Crippen LogP contribution in [0, 0.1) is 11.3 Å². The van der Waals surface area contributed by atoms with E-state index < -0.39 is 0 Å². The van der Waals surface area contributed by atoms with E-state index in [0.29, 0.717) is 6.42 Å².